The van der Waals surface area contributed by atoms with Crippen molar-refractivity contribution in [3.05, 3.63) is 35.4 Å². The number of nitriles is 1. The zero-order valence-electron chi connectivity index (χ0n) is 9.38. The first-order valence-electron chi connectivity index (χ1n) is 5.05. The second kappa shape index (κ2) is 6.07. The number of terminal acetylenes is 1. The lowest BCUT2D eigenvalue weighted by atomic mass is 10.1. The largest absolute Gasteiger partial charge is 0.480 e. The number of amides is 1. The first-order valence-corrected chi connectivity index (χ1v) is 5.05. The van der Waals surface area contributed by atoms with Crippen molar-refractivity contribution in [2.45, 2.75) is 12.5 Å². The number of hydrogen-bond donors (Lipinski definition) is 2. The monoisotopic (exact) mass is 242 g/mol. The van der Waals surface area contributed by atoms with Crippen LogP contribution in [0.4, 0.5) is 0 Å². The maximum Gasteiger partial charge on any atom is 0.327 e. The van der Waals surface area contributed by atoms with Gasteiger partial charge >= 0.3 is 5.97 Å². The zero-order chi connectivity index (χ0) is 13.5. The van der Waals surface area contributed by atoms with Gasteiger partial charge in [-0.1, -0.05) is 0 Å². The molecule has 1 atom stereocenters. The van der Waals surface area contributed by atoms with Crippen LogP contribution in [0.1, 0.15) is 22.3 Å². The molecule has 0 aliphatic rings. The predicted molar refractivity (Wildman–Crippen MR) is 63.5 cm³/mol. The third-order valence-electron chi connectivity index (χ3n) is 2.20. The van der Waals surface area contributed by atoms with E-state index in [1.165, 1.54) is 24.3 Å². The van der Waals surface area contributed by atoms with E-state index in [0.29, 0.717) is 5.56 Å². The van der Waals surface area contributed by atoms with Gasteiger partial charge in [-0.15, -0.1) is 12.3 Å². The van der Waals surface area contributed by atoms with E-state index in [-0.39, 0.29) is 12.0 Å². The Morgan fingerprint density at radius 3 is 2.44 bits per heavy atom. The molecule has 5 heteroatoms. The van der Waals surface area contributed by atoms with E-state index in [1.807, 2.05) is 6.07 Å². The Morgan fingerprint density at radius 1 is 1.39 bits per heavy atom. The van der Waals surface area contributed by atoms with Gasteiger partial charge in [-0.2, -0.15) is 5.26 Å². The lowest BCUT2D eigenvalue weighted by Crippen LogP contribution is -2.40. The van der Waals surface area contributed by atoms with Crippen LogP contribution in [0.15, 0.2) is 24.3 Å². The number of carboxylic acid groups (broad SMARTS) is 1. The Labute approximate surface area is 104 Å². The van der Waals surface area contributed by atoms with Gasteiger partial charge in [0.05, 0.1) is 11.6 Å². The minimum atomic E-state index is -1.19. The van der Waals surface area contributed by atoms with Gasteiger partial charge < -0.3 is 10.4 Å². The second-order valence-electron chi connectivity index (χ2n) is 3.46. The summed E-state index contributed by atoms with van der Waals surface area (Å²) in [6.07, 6.45) is 4.93. The minimum Gasteiger partial charge on any atom is -0.480 e. The highest BCUT2D eigenvalue weighted by atomic mass is 16.4. The quantitative estimate of drug-likeness (QED) is 0.763. The van der Waals surface area contributed by atoms with Crippen molar-refractivity contribution in [1.29, 1.82) is 5.26 Å². The van der Waals surface area contributed by atoms with E-state index in [1.54, 1.807) is 0 Å². The number of hydrogen-bond acceptors (Lipinski definition) is 3. The second-order valence-corrected chi connectivity index (χ2v) is 3.46. The van der Waals surface area contributed by atoms with E-state index < -0.39 is 17.9 Å². The molecular weight excluding hydrogens is 232 g/mol. The molecule has 0 heterocycles. The first-order chi connectivity index (χ1) is 8.58. The molecule has 0 fully saturated rings. The van der Waals surface area contributed by atoms with Crippen molar-refractivity contribution in [3.63, 3.8) is 0 Å². The van der Waals surface area contributed by atoms with Crippen molar-refractivity contribution in [2.24, 2.45) is 0 Å². The summed E-state index contributed by atoms with van der Waals surface area (Å²) in [5.74, 6) is 0.461. The number of rotatable bonds is 4. The Kier molecular flexibility index (Phi) is 4.48. The summed E-state index contributed by atoms with van der Waals surface area (Å²) in [5, 5.41) is 19.7. The molecule has 18 heavy (non-hydrogen) atoms. The standard InChI is InChI=1S/C13H10N2O3/c1-2-3-11(13(17)18)15-12(16)10-6-4-9(8-14)5-7-10/h1,4-7,11H,3H2,(H,15,16)(H,17,18)/t11-/m1/s1. The van der Waals surface area contributed by atoms with E-state index in [2.05, 4.69) is 11.2 Å². The normalized spacial score (nSPS) is 10.8. The van der Waals surface area contributed by atoms with Gasteiger partial charge in [0.25, 0.3) is 5.91 Å². The Balaban J connectivity index is 2.78. The molecule has 1 amide bonds. The van der Waals surface area contributed by atoms with Crippen molar-refractivity contribution in [2.75, 3.05) is 0 Å². The molecule has 2 N–H and O–H groups in total. The number of carbonyl (C=O) groups is 2. The van der Waals surface area contributed by atoms with Crippen LogP contribution in [0.5, 0.6) is 0 Å². The molecule has 1 aromatic carbocycles. The van der Waals surface area contributed by atoms with E-state index in [4.69, 9.17) is 16.8 Å². The zero-order valence-corrected chi connectivity index (χ0v) is 9.38. The van der Waals surface area contributed by atoms with Crippen molar-refractivity contribution >= 4 is 11.9 Å². The van der Waals surface area contributed by atoms with E-state index in [9.17, 15) is 9.59 Å². The molecule has 0 saturated carbocycles. The maximum absolute atomic E-state index is 11.7. The molecule has 5 nitrogen and oxygen atoms in total. The minimum absolute atomic E-state index is 0.0860. The summed E-state index contributed by atoms with van der Waals surface area (Å²) < 4.78 is 0. The fraction of sp³-hybridized carbons (Fsp3) is 0.154. The number of nitrogens with zero attached hydrogens (tertiary/aromatic N) is 1. The summed E-state index contributed by atoms with van der Waals surface area (Å²) in [4.78, 5) is 22.5. The summed E-state index contributed by atoms with van der Waals surface area (Å²) in [5.41, 5.74) is 0.697. The van der Waals surface area contributed by atoms with E-state index in [0.717, 1.165) is 0 Å². The number of carbonyl (C=O) groups excluding carboxylic acids is 1. The van der Waals surface area contributed by atoms with Crippen LogP contribution in [-0.2, 0) is 4.79 Å². The van der Waals surface area contributed by atoms with Crippen LogP contribution < -0.4 is 5.32 Å². The number of nitrogens with one attached hydrogen (secondary N) is 1. The van der Waals surface area contributed by atoms with Crippen molar-refractivity contribution in [1.82, 2.24) is 5.32 Å². The Morgan fingerprint density at radius 2 is 2.00 bits per heavy atom. The summed E-state index contributed by atoms with van der Waals surface area (Å²) >= 11 is 0. The smallest absolute Gasteiger partial charge is 0.327 e. The van der Waals surface area contributed by atoms with Gasteiger partial charge in [0, 0.05) is 12.0 Å². The highest BCUT2D eigenvalue weighted by molar-refractivity contribution is 5.96. The fourth-order valence-corrected chi connectivity index (χ4v) is 1.26. The predicted octanol–water partition coefficient (Wildman–Crippen LogP) is 0.765. The molecule has 0 aliphatic carbocycles. The molecule has 0 aromatic heterocycles. The van der Waals surface area contributed by atoms with Gasteiger partial charge in [0.15, 0.2) is 0 Å². The maximum atomic E-state index is 11.7. The molecule has 0 radical (unpaired) electrons. The lowest BCUT2D eigenvalue weighted by Gasteiger charge is -2.11. The van der Waals surface area contributed by atoms with Crippen LogP contribution in [0, 0.1) is 23.7 Å². The van der Waals surface area contributed by atoms with Crippen molar-refractivity contribution < 1.29 is 14.7 Å². The SMILES string of the molecule is C#CC[C@@H](NC(=O)c1ccc(C#N)cc1)C(=O)O. The van der Waals surface area contributed by atoms with E-state index >= 15 is 0 Å². The lowest BCUT2D eigenvalue weighted by molar-refractivity contribution is -0.139. The van der Waals surface area contributed by atoms with Gasteiger partial charge in [-0.05, 0) is 24.3 Å². The molecule has 0 saturated heterocycles. The highest BCUT2D eigenvalue weighted by Gasteiger charge is 2.19. The average molecular weight is 242 g/mol. The fourth-order valence-electron chi connectivity index (χ4n) is 1.26. The number of carboxylic acids is 1. The summed E-state index contributed by atoms with van der Waals surface area (Å²) in [6, 6.07) is 6.66. The molecule has 0 bridgehead atoms. The molecule has 0 unspecified atom stereocenters. The molecule has 1 rings (SSSR count). The summed E-state index contributed by atoms with van der Waals surface area (Å²) in [6.45, 7) is 0. The third-order valence-corrected chi connectivity index (χ3v) is 2.20. The first kappa shape index (κ1) is 13.3. The average Bonchev–Trinajstić information content (AvgIpc) is 2.38. The molecule has 90 valence electrons. The van der Waals surface area contributed by atoms with Crippen molar-refractivity contribution in [3.8, 4) is 18.4 Å². The van der Waals surface area contributed by atoms with Crippen LogP contribution >= 0.6 is 0 Å². The molecule has 0 spiro atoms. The third kappa shape index (κ3) is 3.36. The summed E-state index contributed by atoms with van der Waals surface area (Å²) in [7, 11) is 0. The highest BCUT2D eigenvalue weighted by Crippen LogP contribution is 2.04. The molecule has 1 aromatic rings. The Hall–Kier alpha value is -2.79. The van der Waals surface area contributed by atoms with Crippen LogP contribution in [0.25, 0.3) is 0 Å². The number of benzene rings is 1. The van der Waals surface area contributed by atoms with Crippen LogP contribution in [0.3, 0.4) is 0 Å². The topological polar surface area (TPSA) is 90.2 Å². The number of aliphatic carboxylic acids is 1. The van der Waals surface area contributed by atoms with Gasteiger partial charge in [-0.3, -0.25) is 4.79 Å². The Bertz CT molecular complexity index is 535. The van der Waals surface area contributed by atoms with Gasteiger partial charge in [-0.25, -0.2) is 4.79 Å². The molecular formula is C13H10N2O3. The molecule has 0 aliphatic heterocycles. The van der Waals surface area contributed by atoms with Gasteiger partial charge in [0.1, 0.15) is 6.04 Å². The van der Waals surface area contributed by atoms with Crippen LogP contribution in [0.2, 0.25) is 0 Å². The van der Waals surface area contributed by atoms with Gasteiger partial charge in [0.2, 0.25) is 0 Å². The van der Waals surface area contributed by atoms with Crippen LogP contribution in [-0.4, -0.2) is 23.0 Å².